The monoisotopic (exact) mass is 235 g/mol. The van der Waals surface area contributed by atoms with E-state index in [0.717, 1.165) is 38.8 Å². The van der Waals surface area contributed by atoms with Crippen molar-refractivity contribution < 1.29 is 4.79 Å². The van der Waals surface area contributed by atoms with E-state index in [-0.39, 0.29) is 11.5 Å². The van der Waals surface area contributed by atoms with Gasteiger partial charge in [0.1, 0.15) is 11.6 Å². The summed E-state index contributed by atoms with van der Waals surface area (Å²) in [5.41, 5.74) is 0.225. The van der Waals surface area contributed by atoms with Crippen LogP contribution in [0.3, 0.4) is 0 Å². The third-order valence-corrected chi connectivity index (χ3v) is 2.88. The fourth-order valence-electron chi connectivity index (χ4n) is 1.84. The third-order valence-electron chi connectivity index (χ3n) is 2.88. The molecule has 0 atom stereocenters. The summed E-state index contributed by atoms with van der Waals surface area (Å²) >= 11 is 0. The molecule has 0 unspecified atom stereocenters. The molecule has 1 fully saturated rings. The van der Waals surface area contributed by atoms with E-state index in [1.807, 2.05) is 6.07 Å². The summed E-state index contributed by atoms with van der Waals surface area (Å²) in [5.74, 6) is -0.244. The first-order chi connectivity index (χ1) is 8.27. The van der Waals surface area contributed by atoms with Crippen LogP contribution >= 0.6 is 0 Å². The lowest BCUT2D eigenvalue weighted by molar-refractivity contribution is -0.117. The predicted octanol–water partition coefficient (Wildman–Crippen LogP) is 1.80. The molecule has 0 aliphatic carbocycles. The highest BCUT2D eigenvalue weighted by molar-refractivity contribution is 5.97. The van der Waals surface area contributed by atoms with E-state index in [2.05, 4.69) is 17.1 Å². The van der Waals surface area contributed by atoms with Crippen molar-refractivity contribution in [2.45, 2.75) is 39.0 Å². The number of piperidine rings is 1. The first-order valence-electron chi connectivity index (χ1n) is 6.42. The average molecular weight is 235 g/mol. The van der Waals surface area contributed by atoms with Crippen molar-refractivity contribution in [3.05, 3.63) is 11.8 Å². The number of rotatable bonds is 5. The van der Waals surface area contributed by atoms with E-state index < -0.39 is 0 Å². The Bertz CT molecular complexity index is 311. The molecule has 1 aliphatic rings. The number of carbonyl (C=O) groups excluding carboxylic acids is 1. The minimum atomic E-state index is -0.244. The van der Waals surface area contributed by atoms with Gasteiger partial charge in [-0.05, 0) is 25.7 Å². The van der Waals surface area contributed by atoms with Crippen molar-refractivity contribution in [3.63, 3.8) is 0 Å². The number of likely N-dealkylation sites (tertiary alicyclic amines) is 1. The van der Waals surface area contributed by atoms with Gasteiger partial charge >= 0.3 is 0 Å². The standard InChI is InChI=1S/C13H21N3O/c1-2-3-7-15-13(17)12(10-14)11-16-8-5-4-6-9-16/h11H,2-9H2,1H3,(H,15,17)/b12-11-. The number of nitrogens with zero attached hydrogens (tertiary/aromatic N) is 2. The SMILES string of the molecule is CCCCNC(=O)/C(C#N)=C\N1CCCCC1. The fraction of sp³-hybridized carbons (Fsp3) is 0.692. The minimum Gasteiger partial charge on any atom is -0.376 e. The summed E-state index contributed by atoms with van der Waals surface area (Å²) in [6, 6.07) is 1.98. The Morgan fingerprint density at radius 2 is 2.12 bits per heavy atom. The number of amides is 1. The lowest BCUT2D eigenvalue weighted by atomic mass is 10.1. The highest BCUT2D eigenvalue weighted by atomic mass is 16.1. The molecule has 4 heteroatoms. The molecule has 1 heterocycles. The van der Waals surface area contributed by atoms with Crippen LogP contribution in [0, 0.1) is 11.3 Å². The summed E-state index contributed by atoms with van der Waals surface area (Å²) in [7, 11) is 0. The van der Waals surface area contributed by atoms with Gasteiger partial charge in [-0.25, -0.2) is 0 Å². The van der Waals surface area contributed by atoms with Crippen molar-refractivity contribution in [3.8, 4) is 6.07 Å². The molecule has 1 amide bonds. The van der Waals surface area contributed by atoms with Gasteiger partial charge in [0.05, 0.1) is 0 Å². The zero-order valence-electron chi connectivity index (χ0n) is 10.5. The van der Waals surface area contributed by atoms with Crippen LogP contribution in [0.4, 0.5) is 0 Å². The van der Waals surface area contributed by atoms with Crippen LogP contribution in [-0.2, 0) is 4.79 Å². The van der Waals surface area contributed by atoms with Crippen LogP contribution in [0.15, 0.2) is 11.8 Å². The van der Waals surface area contributed by atoms with Gasteiger partial charge in [0.15, 0.2) is 0 Å². The fourth-order valence-corrected chi connectivity index (χ4v) is 1.84. The molecular weight excluding hydrogens is 214 g/mol. The average Bonchev–Trinajstić information content (AvgIpc) is 2.37. The summed E-state index contributed by atoms with van der Waals surface area (Å²) in [4.78, 5) is 13.8. The molecule has 17 heavy (non-hydrogen) atoms. The summed E-state index contributed by atoms with van der Waals surface area (Å²) in [5, 5.41) is 11.7. The van der Waals surface area contributed by atoms with Gasteiger partial charge in [-0.2, -0.15) is 5.26 Å². The van der Waals surface area contributed by atoms with Crippen molar-refractivity contribution in [2.75, 3.05) is 19.6 Å². The summed E-state index contributed by atoms with van der Waals surface area (Å²) < 4.78 is 0. The Labute approximate surface area is 103 Å². The van der Waals surface area contributed by atoms with Crippen LogP contribution in [-0.4, -0.2) is 30.4 Å². The molecule has 0 radical (unpaired) electrons. The topological polar surface area (TPSA) is 56.1 Å². The van der Waals surface area contributed by atoms with Crippen LogP contribution in [0.25, 0.3) is 0 Å². The number of hydrogen-bond donors (Lipinski definition) is 1. The predicted molar refractivity (Wildman–Crippen MR) is 67.0 cm³/mol. The van der Waals surface area contributed by atoms with Crippen molar-refractivity contribution in [1.29, 1.82) is 5.26 Å². The lowest BCUT2D eigenvalue weighted by Crippen LogP contribution is -2.29. The molecule has 0 spiro atoms. The zero-order valence-corrected chi connectivity index (χ0v) is 10.5. The van der Waals surface area contributed by atoms with Gasteiger partial charge in [-0.15, -0.1) is 0 Å². The molecule has 1 rings (SSSR count). The zero-order chi connectivity index (χ0) is 12.5. The highest BCUT2D eigenvalue weighted by Crippen LogP contribution is 2.10. The smallest absolute Gasteiger partial charge is 0.263 e. The number of hydrogen-bond acceptors (Lipinski definition) is 3. The molecule has 0 aromatic rings. The number of nitriles is 1. The van der Waals surface area contributed by atoms with Crippen LogP contribution in [0.2, 0.25) is 0 Å². The largest absolute Gasteiger partial charge is 0.376 e. The third kappa shape index (κ3) is 4.90. The first kappa shape index (κ1) is 13.6. The molecule has 0 aromatic carbocycles. The number of nitrogens with one attached hydrogen (secondary N) is 1. The maximum atomic E-state index is 11.7. The highest BCUT2D eigenvalue weighted by Gasteiger charge is 2.12. The van der Waals surface area contributed by atoms with Gasteiger partial charge in [0, 0.05) is 25.8 Å². The Kier molecular flexibility index (Phi) is 6.16. The normalized spacial score (nSPS) is 16.5. The van der Waals surface area contributed by atoms with E-state index in [1.54, 1.807) is 6.20 Å². The summed E-state index contributed by atoms with van der Waals surface area (Å²) in [6.45, 7) is 4.62. The molecule has 0 saturated carbocycles. The maximum Gasteiger partial charge on any atom is 0.263 e. The van der Waals surface area contributed by atoms with Crippen molar-refractivity contribution in [1.82, 2.24) is 10.2 Å². The van der Waals surface area contributed by atoms with Crippen LogP contribution in [0.5, 0.6) is 0 Å². The number of unbranched alkanes of at least 4 members (excludes halogenated alkanes) is 1. The minimum absolute atomic E-state index is 0.225. The first-order valence-corrected chi connectivity index (χ1v) is 6.42. The van der Waals surface area contributed by atoms with Gasteiger partial charge < -0.3 is 10.2 Å². The second kappa shape index (κ2) is 7.72. The Morgan fingerprint density at radius 1 is 1.41 bits per heavy atom. The van der Waals surface area contributed by atoms with E-state index in [0.29, 0.717) is 6.54 Å². The van der Waals surface area contributed by atoms with Crippen molar-refractivity contribution >= 4 is 5.91 Å². The lowest BCUT2D eigenvalue weighted by Gasteiger charge is -2.25. The van der Waals surface area contributed by atoms with Gasteiger partial charge in [-0.3, -0.25) is 4.79 Å². The van der Waals surface area contributed by atoms with Gasteiger partial charge in [0.2, 0.25) is 0 Å². The molecule has 94 valence electrons. The maximum absolute atomic E-state index is 11.7. The Hall–Kier alpha value is -1.50. The van der Waals surface area contributed by atoms with E-state index >= 15 is 0 Å². The van der Waals surface area contributed by atoms with E-state index in [9.17, 15) is 4.79 Å². The quantitative estimate of drug-likeness (QED) is 0.449. The van der Waals surface area contributed by atoms with Gasteiger partial charge in [0.25, 0.3) is 5.91 Å². The van der Waals surface area contributed by atoms with Crippen LogP contribution in [0.1, 0.15) is 39.0 Å². The molecule has 1 saturated heterocycles. The molecule has 0 bridgehead atoms. The van der Waals surface area contributed by atoms with Gasteiger partial charge in [-0.1, -0.05) is 13.3 Å². The number of carbonyl (C=O) groups is 1. The second-order valence-electron chi connectivity index (χ2n) is 4.36. The van der Waals surface area contributed by atoms with E-state index in [4.69, 9.17) is 5.26 Å². The Balaban J connectivity index is 2.48. The second-order valence-corrected chi connectivity index (χ2v) is 4.36. The van der Waals surface area contributed by atoms with Crippen LogP contribution < -0.4 is 5.32 Å². The molecule has 0 aromatic heterocycles. The molecular formula is C13H21N3O. The molecule has 4 nitrogen and oxygen atoms in total. The molecule has 1 aliphatic heterocycles. The summed E-state index contributed by atoms with van der Waals surface area (Å²) in [6.07, 6.45) is 7.24. The molecule has 1 N–H and O–H groups in total. The van der Waals surface area contributed by atoms with E-state index in [1.165, 1.54) is 6.42 Å². The van der Waals surface area contributed by atoms with Crippen molar-refractivity contribution in [2.24, 2.45) is 0 Å². The Morgan fingerprint density at radius 3 is 2.71 bits per heavy atom.